The number of allylic oxidation sites excluding steroid dienone is 4. The third kappa shape index (κ3) is 9.00. The third-order valence-corrected chi connectivity index (χ3v) is 21.4. The van der Waals surface area contributed by atoms with Crippen molar-refractivity contribution >= 4 is 32.2 Å². The fourth-order valence-electron chi connectivity index (χ4n) is 10.6. The van der Waals surface area contributed by atoms with Crippen molar-refractivity contribution < 1.29 is 32.7 Å². The van der Waals surface area contributed by atoms with Crippen LogP contribution in [-0.2, 0) is 22.8 Å². The van der Waals surface area contributed by atoms with E-state index in [1.807, 2.05) is 36.4 Å². The maximum Gasteiger partial charge on any atom is 0.464 e. The fourth-order valence-corrected chi connectivity index (χ4v) is 17.3. The molecule has 4 aromatic rings. The summed E-state index contributed by atoms with van der Waals surface area (Å²) in [6.45, 7) is 10.7. The van der Waals surface area contributed by atoms with E-state index in [0.717, 1.165) is 78.2 Å². The summed E-state index contributed by atoms with van der Waals surface area (Å²) in [5.41, 5.74) is 7.24. The van der Waals surface area contributed by atoms with Crippen molar-refractivity contribution in [3.63, 3.8) is 0 Å². The topological polar surface area (TPSA) is 166 Å². The standard InChI is InChI=1S/C51H65N6O9PSi/c1-37-35-54(49(60)57(47(37)58)48(59)38-20-8-5-9-21-38)46-34-51(61,45(64-46)36-63-68(50(2,3)4,39-22-10-6-11-23-39)40-24-12-7-13-25-40)67(62,65-43-28-18-32-55-41(43)26-14-16-30-52-55)66-44-29-19-33-56-42(44)27-15-17-31-53-56/h5-13,20-25,35,45-46,52-53,61H,14-19,26-34,36H2,1-4H3/t45-,46-,51-/m1/s1. The molecule has 68 heavy (non-hydrogen) atoms. The van der Waals surface area contributed by atoms with Crippen LogP contribution >= 0.6 is 7.60 Å². The first kappa shape index (κ1) is 48.0. The SMILES string of the molecule is Cc1cn([C@H]2C[C@@](O)(P(=O)(OC3=C4CCCCNN4CCC3)OC3=C4CCCCNN4CCC3)[C@@H](CO[Si](c3ccccc3)(c3ccccc3)C(C)(C)C)O2)c(=O)n(C(=O)c2ccccc2)c1=O. The Labute approximate surface area is 399 Å². The molecule has 362 valence electrons. The largest absolute Gasteiger partial charge is 0.464 e. The van der Waals surface area contributed by atoms with Crippen molar-refractivity contribution in [2.75, 3.05) is 32.8 Å². The van der Waals surface area contributed by atoms with Gasteiger partial charge in [0.1, 0.15) is 23.9 Å². The molecule has 5 aliphatic rings. The second kappa shape index (κ2) is 19.7. The van der Waals surface area contributed by atoms with E-state index < -0.39 is 62.2 Å². The number of ether oxygens (including phenoxy) is 1. The monoisotopic (exact) mass is 964 g/mol. The van der Waals surface area contributed by atoms with Crippen molar-refractivity contribution in [2.45, 2.75) is 121 Å². The van der Waals surface area contributed by atoms with Crippen LogP contribution < -0.4 is 32.5 Å². The lowest BCUT2D eigenvalue weighted by Crippen LogP contribution is -2.67. The summed E-state index contributed by atoms with van der Waals surface area (Å²) in [6.07, 6.45) is 5.48. The van der Waals surface area contributed by atoms with E-state index in [2.05, 4.69) is 65.9 Å². The van der Waals surface area contributed by atoms with Crippen molar-refractivity contribution in [3.8, 4) is 0 Å². The molecule has 3 saturated heterocycles. The van der Waals surface area contributed by atoms with Crippen molar-refractivity contribution in [2.24, 2.45) is 0 Å². The summed E-state index contributed by atoms with van der Waals surface area (Å²) < 4.78 is 46.9. The number of nitrogens with zero attached hydrogens (tertiary/aromatic N) is 4. The molecule has 0 amide bonds. The van der Waals surface area contributed by atoms with Gasteiger partial charge in [-0.1, -0.05) is 99.6 Å². The molecule has 6 heterocycles. The number of hydrogen-bond donors (Lipinski definition) is 3. The molecule has 0 unspecified atom stereocenters. The predicted octanol–water partition coefficient (Wildman–Crippen LogP) is 6.78. The lowest BCUT2D eigenvalue weighted by atomic mass is 10.1. The average molecular weight is 965 g/mol. The smallest absolute Gasteiger partial charge is 0.417 e. The van der Waals surface area contributed by atoms with Gasteiger partial charge in [0.05, 0.1) is 18.0 Å². The van der Waals surface area contributed by atoms with Crippen LogP contribution in [0.4, 0.5) is 0 Å². The maximum atomic E-state index is 16.8. The Kier molecular flexibility index (Phi) is 13.9. The summed E-state index contributed by atoms with van der Waals surface area (Å²) in [5, 5.41) is 17.1. The molecule has 1 aromatic heterocycles. The molecule has 17 heteroatoms. The summed E-state index contributed by atoms with van der Waals surface area (Å²) in [5.74, 6) is 0.143. The van der Waals surface area contributed by atoms with Gasteiger partial charge >= 0.3 is 13.3 Å². The van der Waals surface area contributed by atoms with Crippen molar-refractivity contribution in [1.29, 1.82) is 0 Å². The number of hydrogen-bond acceptors (Lipinski definition) is 13. The molecule has 3 fully saturated rings. The minimum atomic E-state index is -4.88. The first-order valence-electron chi connectivity index (χ1n) is 24.3. The Balaban J connectivity index is 1.22. The van der Waals surface area contributed by atoms with Gasteiger partial charge in [0.15, 0.2) is 0 Å². The second-order valence-corrected chi connectivity index (χ2v) is 26.1. The molecule has 3 N–H and O–H groups in total. The lowest BCUT2D eigenvalue weighted by Gasteiger charge is -2.44. The van der Waals surface area contributed by atoms with Crippen molar-refractivity contribution in [1.82, 2.24) is 30.0 Å². The normalized spacial score (nSPS) is 22.8. The van der Waals surface area contributed by atoms with Gasteiger partial charge in [-0.25, -0.2) is 20.2 Å². The number of hydrazine groups is 2. The first-order chi connectivity index (χ1) is 32.7. The molecular formula is C51H65N6O9PSi. The third-order valence-electron chi connectivity index (χ3n) is 14.1. The van der Waals surface area contributed by atoms with E-state index in [0.29, 0.717) is 54.6 Å². The Morgan fingerprint density at radius 1 is 0.779 bits per heavy atom. The Bertz CT molecular complexity index is 2620. The van der Waals surface area contributed by atoms with Gasteiger partial charge in [-0.2, -0.15) is 4.57 Å². The quantitative estimate of drug-likeness (QED) is 0.101. The zero-order valence-corrected chi connectivity index (χ0v) is 41.5. The molecule has 0 saturated carbocycles. The molecule has 5 aliphatic heterocycles. The summed E-state index contributed by atoms with van der Waals surface area (Å²) in [7, 11) is -8.22. The van der Waals surface area contributed by atoms with Crippen LogP contribution in [0.2, 0.25) is 5.04 Å². The number of carbonyl (C=O) groups is 1. The number of benzene rings is 3. The van der Waals surface area contributed by atoms with E-state index in [1.165, 1.54) is 25.3 Å². The lowest BCUT2D eigenvalue weighted by molar-refractivity contribution is -0.0599. The van der Waals surface area contributed by atoms with E-state index in [1.54, 1.807) is 18.2 Å². The minimum Gasteiger partial charge on any atom is -0.417 e. The van der Waals surface area contributed by atoms with Crippen LogP contribution in [-0.4, -0.2) is 82.7 Å². The number of fused-ring (bicyclic) bond motifs is 2. The molecule has 3 aromatic carbocycles. The van der Waals surface area contributed by atoms with Gasteiger partial charge < -0.3 is 33.3 Å². The molecule has 9 rings (SSSR count). The van der Waals surface area contributed by atoms with Crippen LogP contribution in [0.3, 0.4) is 0 Å². The van der Waals surface area contributed by atoms with Crippen LogP contribution in [0.15, 0.2) is 130 Å². The number of nitrogens with one attached hydrogen (secondary N) is 2. The average Bonchev–Trinajstić information content (AvgIpc) is 3.50. The molecule has 0 bridgehead atoms. The molecule has 3 atom stereocenters. The van der Waals surface area contributed by atoms with Crippen LogP contribution in [0.25, 0.3) is 0 Å². The number of carbonyl (C=O) groups excluding carboxylic acids is 1. The van der Waals surface area contributed by atoms with Crippen LogP contribution in [0.5, 0.6) is 0 Å². The maximum absolute atomic E-state index is 16.8. The highest BCUT2D eigenvalue weighted by atomic mass is 31.2. The Morgan fingerprint density at radius 2 is 1.29 bits per heavy atom. The van der Waals surface area contributed by atoms with Gasteiger partial charge in [-0.05, 0) is 85.8 Å². The van der Waals surface area contributed by atoms with E-state index in [9.17, 15) is 19.5 Å². The highest BCUT2D eigenvalue weighted by molar-refractivity contribution is 7.55. The van der Waals surface area contributed by atoms with Gasteiger partial charge in [-0.3, -0.25) is 14.2 Å². The summed E-state index contributed by atoms with van der Waals surface area (Å²) in [4.78, 5) is 42.4. The zero-order chi connectivity index (χ0) is 47.7. The number of rotatable bonds is 12. The van der Waals surface area contributed by atoms with Gasteiger partial charge in [-0.15, -0.1) is 0 Å². The highest BCUT2D eigenvalue weighted by Crippen LogP contribution is 2.69. The zero-order valence-electron chi connectivity index (χ0n) is 39.7. The number of aryl methyl sites for hydroxylation is 1. The molecule has 0 spiro atoms. The van der Waals surface area contributed by atoms with Gasteiger partial charge in [0.25, 0.3) is 19.8 Å². The fraction of sp³-hybridized carbons (Fsp3) is 0.471. The Hall–Kier alpha value is -5.06. The first-order valence-corrected chi connectivity index (χ1v) is 27.7. The molecule has 0 aliphatic carbocycles. The summed E-state index contributed by atoms with van der Waals surface area (Å²) in [6, 6.07) is 28.2. The highest BCUT2D eigenvalue weighted by Gasteiger charge is 2.66. The molecular weight excluding hydrogens is 900 g/mol. The Morgan fingerprint density at radius 3 is 1.81 bits per heavy atom. The second-order valence-electron chi connectivity index (χ2n) is 19.6. The molecule has 0 radical (unpaired) electrons. The summed E-state index contributed by atoms with van der Waals surface area (Å²) >= 11 is 0. The van der Waals surface area contributed by atoms with Crippen molar-refractivity contribution in [3.05, 3.63) is 152 Å². The number of aromatic nitrogens is 2. The van der Waals surface area contributed by atoms with Gasteiger partial charge in [0.2, 0.25) is 5.34 Å². The van der Waals surface area contributed by atoms with E-state index >= 15 is 4.57 Å². The number of aliphatic hydroxyl groups is 1. The van der Waals surface area contributed by atoms with E-state index in [-0.39, 0.29) is 17.7 Å². The minimum absolute atomic E-state index is 0.0916. The molecule has 15 nitrogen and oxygen atoms in total. The predicted molar refractivity (Wildman–Crippen MR) is 262 cm³/mol. The van der Waals surface area contributed by atoms with Crippen LogP contribution in [0, 0.1) is 6.92 Å². The van der Waals surface area contributed by atoms with Gasteiger partial charge in [0, 0.05) is 62.8 Å². The van der Waals surface area contributed by atoms with Crippen LogP contribution in [0.1, 0.15) is 114 Å². The van der Waals surface area contributed by atoms with E-state index in [4.69, 9.17) is 18.2 Å².